The van der Waals surface area contributed by atoms with E-state index in [-0.39, 0.29) is 12.4 Å². The largest absolute Gasteiger partial charge is 0.512 e. The molecular formula is C5H8O4. The first-order valence-corrected chi connectivity index (χ1v) is 2.32. The van der Waals surface area contributed by atoms with Gasteiger partial charge in [0, 0.05) is 6.92 Å². The van der Waals surface area contributed by atoms with Gasteiger partial charge in [-0.15, -0.1) is 0 Å². The molecule has 0 rings (SSSR count). The Morgan fingerprint density at radius 1 is 1.78 bits per heavy atom. The van der Waals surface area contributed by atoms with E-state index in [0.717, 1.165) is 0 Å². The normalized spacial score (nSPS) is 11.0. The number of aliphatic hydroxyl groups is 2. The highest BCUT2D eigenvalue weighted by molar-refractivity contribution is 5.66. The van der Waals surface area contributed by atoms with Gasteiger partial charge in [0.15, 0.2) is 12.4 Å². The Bertz CT molecular complexity index is 127. The van der Waals surface area contributed by atoms with Crippen molar-refractivity contribution in [2.45, 2.75) is 6.92 Å². The van der Waals surface area contributed by atoms with Gasteiger partial charge in [0.1, 0.15) is 6.26 Å². The summed E-state index contributed by atoms with van der Waals surface area (Å²) in [4.78, 5) is 10.0. The highest BCUT2D eigenvalue weighted by Crippen LogP contribution is 1.86. The molecule has 4 heteroatoms. The van der Waals surface area contributed by atoms with Crippen molar-refractivity contribution >= 4 is 5.97 Å². The maximum Gasteiger partial charge on any atom is 0.303 e. The molecule has 52 valence electrons. The zero-order chi connectivity index (χ0) is 7.28. The van der Waals surface area contributed by atoms with E-state index >= 15 is 0 Å². The molecule has 0 saturated carbocycles. The molecule has 0 aliphatic rings. The number of esters is 1. The summed E-state index contributed by atoms with van der Waals surface area (Å²) in [6, 6.07) is 0. The Morgan fingerprint density at radius 3 is 2.67 bits per heavy atom. The molecule has 0 fully saturated rings. The molecule has 0 aliphatic heterocycles. The highest BCUT2D eigenvalue weighted by atomic mass is 16.5. The van der Waals surface area contributed by atoms with Crippen molar-refractivity contribution < 1.29 is 19.7 Å². The van der Waals surface area contributed by atoms with Crippen LogP contribution in [-0.4, -0.2) is 22.8 Å². The summed E-state index contributed by atoms with van der Waals surface area (Å²) < 4.78 is 4.28. The molecule has 0 radical (unpaired) electrons. The van der Waals surface area contributed by atoms with E-state index in [0.29, 0.717) is 6.26 Å². The lowest BCUT2D eigenvalue weighted by molar-refractivity contribution is -0.140. The first-order valence-electron chi connectivity index (χ1n) is 2.32. The molecule has 0 saturated heterocycles. The molecule has 4 nitrogen and oxygen atoms in total. The van der Waals surface area contributed by atoms with Crippen LogP contribution < -0.4 is 0 Å². The second kappa shape index (κ2) is 3.77. The Balaban J connectivity index is 3.39. The quantitative estimate of drug-likeness (QED) is 0.424. The van der Waals surface area contributed by atoms with Crippen molar-refractivity contribution in [1.29, 1.82) is 0 Å². The number of ether oxygens (including phenoxy) is 1. The fourth-order valence-corrected chi connectivity index (χ4v) is 0.213. The van der Waals surface area contributed by atoms with Gasteiger partial charge in [-0.3, -0.25) is 4.79 Å². The van der Waals surface area contributed by atoms with Crippen molar-refractivity contribution in [1.82, 2.24) is 0 Å². The molecule has 0 aromatic heterocycles. The Kier molecular flexibility index (Phi) is 3.27. The van der Waals surface area contributed by atoms with Gasteiger partial charge in [0.25, 0.3) is 0 Å². The van der Waals surface area contributed by atoms with E-state index in [1.807, 2.05) is 0 Å². The smallest absolute Gasteiger partial charge is 0.303 e. The van der Waals surface area contributed by atoms with Crippen LogP contribution in [0.3, 0.4) is 0 Å². The molecule has 0 spiro atoms. The molecule has 0 unspecified atom stereocenters. The SMILES string of the molecule is CC(=O)OC/C(O)=C\O. The van der Waals surface area contributed by atoms with Gasteiger partial charge in [-0.1, -0.05) is 0 Å². The number of carbonyl (C=O) groups excluding carboxylic acids is 1. The average Bonchev–Trinajstić information content (AvgIpc) is 1.83. The summed E-state index contributed by atoms with van der Waals surface area (Å²) >= 11 is 0. The van der Waals surface area contributed by atoms with Crippen molar-refractivity contribution in [3.63, 3.8) is 0 Å². The molecule has 0 aromatic rings. The van der Waals surface area contributed by atoms with Gasteiger partial charge in [0.05, 0.1) is 0 Å². The standard InChI is InChI=1S/C5H8O4/c1-4(7)9-3-5(8)2-6/h2,6,8H,3H2,1H3/b5-2+. The van der Waals surface area contributed by atoms with Gasteiger partial charge < -0.3 is 14.9 Å². The minimum atomic E-state index is -0.497. The summed E-state index contributed by atoms with van der Waals surface area (Å²) in [6.45, 7) is 0.941. The molecule has 0 aromatic carbocycles. The summed E-state index contributed by atoms with van der Waals surface area (Å²) in [5.74, 6) is -0.867. The maximum atomic E-state index is 10.0. The molecule has 0 amide bonds. The van der Waals surface area contributed by atoms with Gasteiger partial charge >= 0.3 is 5.97 Å². The number of carbonyl (C=O) groups is 1. The zero-order valence-corrected chi connectivity index (χ0v) is 5.00. The fourth-order valence-electron chi connectivity index (χ4n) is 0.213. The summed E-state index contributed by atoms with van der Waals surface area (Å²) in [7, 11) is 0. The van der Waals surface area contributed by atoms with E-state index < -0.39 is 5.97 Å². The first kappa shape index (κ1) is 7.81. The monoisotopic (exact) mass is 132 g/mol. The van der Waals surface area contributed by atoms with E-state index in [2.05, 4.69) is 4.74 Å². The highest BCUT2D eigenvalue weighted by Gasteiger charge is 1.94. The predicted molar refractivity (Wildman–Crippen MR) is 30.0 cm³/mol. The van der Waals surface area contributed by atoms with E-state index in [4.69, 9.17) is 10.2 Å². The van der Waals surface area contributed by atoms with Crippen molar-refractivity contribution in [3.8, 4) is 0 Å². The third kappa shape index (κ3) is 4.67. The van der Waals surface area contributed by atoms with Crippen LogP contribution in [0, 0.1) is 0 Å². The van der Waals surface area contributed by atoms with Crippen LogP contribution in [0.2, 0.25) is 0 Å². The minimum Gasteiger partial charge on any atom is -0.512 e. The van der Waals surface area contributed by atoms with Gasteiger partial charge in [-0.25, -0.2) is 0 Å². The predicted octanol–water partition coefficient (Wildman–Crippen LogP) is 0.507. The molecule has 0 bridgehead atoms. The summed E-state index contributed by atoms with van der Waals surface area (Å²) in [5, 5.41) is 16.5. The molecular weight excluding hydrogens is 124 g/mol. The van der Waals surface area contributed by atoms with Crippen LogP contribution in [0.5, 0.6) is 0 Å². The van der Waals surface area contributed by atoms with Crippen molar-refractivity contribution in [3.05, 3.63) is 12.0 Å². The van der Waals surface area contributed by atoms with Gasteiger partial charge in [-0.2, -0.15) is 0 Å². The van der Waals surface area contributed by atoms with Crippen LogP contribution >= 0.6 is 0 Å². The average molecular weight is 132 g/mol. The summed E-state index contributed by atoms with van der Waals surface area (Å²) in [5.41, 5.74) is 0. The molecule has 2 N–H and O–H groups in total. The Hall–Kier alpha value is -1.19. The van der Waals surface area contributed by atoms with Crippen molar-refractivity contribution in [2.75, 3.05) is 6.61 Å². The lowest BCUT2D eigenvalue weighted by Gasteiger charge is -1.97. The molecule has 0 atom stereocenters. The second-order valence-electron chi connectivity index (χ2n) is 1.40. The molecule has 0 heterocycles. The third-order valence-electron chi connectivity index (χ3n) is 0.572. The number of hydrogen-bond donors (Lipinski definition) is 2. The first-order chi connectivity index (χ1) is 4.16. The number of rotatable bonds is 2. The number of aliphatic hydroxyl groups excluding tert-OH is 2. The Morgan fingerprint density at radius 2 is 2.33 bits per heavy atom. The topological polar surface area (TPSA) is 66.8 Å². The minimum absolute atomic E-state index is 0.272. The van der Waals surface area contributed by atoms with Crippen LogP contribution in [-0.2, 0) is 9.53 Å². The lowest BCUT2D eigenvalue weighted by atomic mass is 10.6. The van der Waals surface area contributed by atoms with Crippen LogP contribution in [0.1, 0.15) is 6.92 Å². The number of hydrogen-bond acceptors (Lipinski definition) is 4. The molecule has 0 aliphatic carbocycles. The van der Waals surface area contributed by atoms with E-state index in [1.165, 1.54) is 6.92 Å². The fraction of sp³-hybridized carbons (Fsp3) is 0.400. The molecule has 9 heavy (non-hydrogen) atoms. The van der Waals surface area contributed by atoms with Crippen LogP contribution in [0.15, 0.2) is 12.0 Å². The third-order valence-corrected chi connectivity index (χ3v) is 0.572. The van der Waals surface area contributed by atoms with Gasteiger partial charge in [0.2, 0.25) is 0 Å². The lowest BCUT2D eigenvalue weighted by Crippen LogP contribution is -2.02. The zero-order valence-electron chi connectivity index (χ0n) is 5.00. The van der Waals surface area contributed by atoms with Gasteiger partial charge in [-0.05, 0) is 0 Å². The maximum absolute atomic E-state index is 10.0. The Labute approximate surface area is 52.4 Å². The van der Waals surface area contributed by atoms with Crippen LogP contribution in [0.25, 0.3) is 0 Å². The second-order valence-corrected chi connectivity index (χ2v) is 1.40. The van der Waals surface area contributed by atoms with E-state index in [1.54, 1.807) is 0 Å². The van der Waals surface area contributed by atoms with Crippen LogP contribution in [0.4, 0.5) is 0 Å². The van der Waals surface area contributed by atoms with E-state index in [9.17, 15) is 4.79 Å². The summed E-state index contributed by atoms with van der Waals surface area (Å²) in [6.07, 6.45) is 0.475. The van der Waals surface area contributed by atoms with Crippen molar-refractivity contribution in [2.24, 2.45) is 0 Å².